The highest BCUT2D eigenvalue weighted by Gasteiger charge is 2.22. The zero-order valence-electron chi connectivity index (χ0n) is 8.08. The summed E-state index contributed by atoms with van der Waals surface area (Å²) in [6, 6.07) is 0. The van der Waals surface area contributed by atoms with E-state index in [9.17, 15) is 5.11 Å². The molecule has 1 saturated carbocycles. The minimum absolute atomic E-state index is 0.0176. The lowest BCUT2D eigenvalue weighted by Gasteiger charge is -2.28. The van der Waals surface area contributed by atoms with Crippen LogP contribution in [0.5, 0.6) is 0 Å². The van der Waals surface area contributed by atoms with Gasteiger partial charge in [-0.2, -0.15) is 0 Å². The van der Waals surface area contributed by atoms with Gasteiger partial charge in [0.25, 0.3) is 0 Å². The Morgan fingerprint density at radius 3 is 2.54 bits per heavy atom. The summed E-state index contributed by atoms with van der Waals surface area (Å²) < 4.78 is 0. The number of hydrogen-bond acceptors (Lipinski definition) is 1. The maximum Gasteiger partial charge on any atom is 0.0540 e. The van der Waals surface area contributed by atoms with E-state index in [1.165, 1.54) is 25.7 Å². The SMILES string of the molecule is O[C@H]1CC[C@H](C2=CC=CCC2)CC1. The van der Waals surface area contributed by atoms with E-state index >= 15 is 0 Å². The molecule has 72 valence electrons. The van der Waals surface area contributed by atoms with Gasteiger partial charge in [0.2, 0.25) is 0 Å². The minimum Gasteiger partial charge on any atom is -0.393 e. The zero-order chi connectivity index (χ0) is 9.10. The monoisotopic (exact) mass is 178 g/mol. The van der Waals surface area contributed by atoms with E-state index in [-0.39, 0.29) is 6.10 Å². The smallest absolute Gasteiger partial charge is 0.0540 e. The third-order valence-corrected chi connectivity index (χ3v) is 3.27. The first kappa shape index (κ1) is 9.01. The molecule has 0 unspecified atom stereocenters. The van der Waals surface area contributed by atoms with Crippen molar-refractivity contribution in [3.05, 3.63) is 23.8 Å². The Balaban J connectivity index is 1.93. The van der Waals surface area contributed by atoms with Gasteiger partial charge in [0.05, 0.1) is 6.10 Å². The normalized spacial score (nSPS) is 34.4. The van der Waals surface area contributed by atoms with Crippen LogP contribution in [0, 0.1) is 5.92 Å². The van der Waals surface area contributed by atoms with Crippen molar-refractivity contribution < 1.29 is 5.11 Å². The van der Waals surface area contributed by atoms with E-state index in [1.807, 2.05) is 0 Å². The Morgan fingerprint density at radius 1 is 1.15 bits per heavy atom. The molecule has 13 heavy (non-hydrogen) atoms. The largest absolute Gasteiger partial charge is 0.393 e. The van der Waals surface area contributed by atoms with Crippen molar-refractivity contribution in [3.63, 3.8) is 0 Å². The maximum atomic E-state index is 9.39. The fourth-order valence-corrected chi connectivity index (χ4v) is 2.41. The van der Waals surface area contributed by atoms with Crippen LogP contribution in [-0.4, -0.2) is 11.2 Å². The van der Waals surface area contributed by atoms with Crippen molar-refractivity contribution in [2.24, 2.45) is 5.92 Å². The van der Waals surface area contributed by atoms with Crippen LogP contribution in [0.2, 0.25) is 0 Å². The van der Waals surface area contributed by atoms with Gasteiger partial charge in [-0.3, -0.25) is 0 Å². The molecule has 0 spiro atoms. The fraction of sp³-hybridized carbons (Fsp3) is 0.667. The molecule has 0 heterocycles. The molecular formula is C12H18O. The van der Waals surface area contributed by atoms with Crippen LogP contribution in [-0.2, 0) is 0 Å². The van der Waals surface area contributed by atoms with E-state index in [1.54, 1.807) is 5.57 Å². The summed E-state index contributed by atoms with van der Waals surface area (Å²) in [5.74, 6) is 0.772. The van der Waals surface area contributed by atoms with Gasteiger partial charge < -0.3 is 5.11 Å². The van der Waals surface area contributed by atoms with Crippen LogP contribution in [0.4, 0.5) is 0 Å². The standard InChI is InChI=1S/C12H18O/c13-12-8-6-11(7-9-12)10-4-2-1-3-5-10/h1-2,4,11-13H,3,5-9H2/t11-,12-. The van der Waals surface area contributed by atoms with Gasteiger partial charge in [-0.05, 0) is 44.4 Å². The molecule has 0 saturated heterocycles. The van der Waals surface area contributed by atoms with E-state index in [0.717, 1.165) is 18.8 Å². The summed E-state index contributed by atoms with van der Waals surface area (Å²) in [5, 5.41) is 9.39. The highest BCUT2D eigenvalue weighted by Crippen LogP contribution is 2.33. The fourth-order valence-electron chi connectivity index (χ4n) is 2.41. The molecule has 0 aromatic heterocycles. The molecule has 1 nitrogen and oxygen atoms in total. The Hall–Kier alpha value is -0.560. The van der Waals surface area contributed by atoms with Crippen LogP contribution in [0.3, 0.4) is 0 Å². The Bertz CT molecular complexity index is 219. The molecular weight excluding hydrogens is 160 g/mol. The number of allylic oxidation sites excluding steroid dienone is 4. The van der Waals surface area contributed by atoms with Gasteiger partial charge in [-0.15, -0.1) is 0 Å². The van der Waals surface area contributed by atoms with Crippen molar-refractivity contribution in [2.45, 2.75) is 44.6 Å². The maximum absolute atomic E-state index is 9.39. The highest BCUT2D eigenvalue weighted by molar-refractivity contribution is 5.20. The number of rotatable bonds is 1. The Morgan fingerprint density at radius 2 is 1.92 bits per heavy atom. The second-order valence-electron chi connectivity index (χ2n) is 4.21. The summed E-state index contributed by atoms with van der Waals surface area (Å²) in [5.41, 5.74) is 1.62. The van der Waals surface area contributed by atoms with E-state index in [4.69, 9.17) is 0 Å². The first-order chi connectivity index (χ1) is 6.36. The molecule has 0 amide bonds. The summed E-state index contributed by atoms with van der Waals surface area (Å²) in [7, 11) is 0. The van der Waals surface area contributed by atoms with Gasteiger partial charge >= 0.3 is 0 Å². The first-order valence-electron chi connectivity index (χ1n) is 5.40. The number of aliphatic hydroxyl groups excluding tert-OH is 1. The van der Waals surface area contributed by atoms with Gasteiger partial charge in [-0.25, -0.2) is 0 Å². The minimum atomic E-state index is -0.0176. The first-order valence-corrected chi connectivity index (χ1v) is 5.40. The van der Waals surface area contributed by atoms with Crippen molar-refractivity contribution in [3.8, 4) is 0 Å². The molecule has 0 aromatic rings. The molecule has 2 rings (SSSR count). The van der Waals surface area contributed by atoms with E-state index in [2.05, 4.69) is 18.2 Å². The molecule has 1 fully saturated rings. The lowest BCUT2D eigenvalue weighted by atomic mass is 9.80. The van der Waals surface area contributed by atoms with Crippen LogP contribution in [0.1, 0.15) is 38.5 Å². The summed E-state index contributed by atoms with van der Waals surface area (Å²) >= 11 is 0. The lowest BCUT2D eigenvalue weighted by molar-refractivity contribution is 0.115. The quantitative estimate of drug-likeness (QED) is 0.654. The Kier molecular flexibility index (Phi) is 2.84. The lowest BCUT2D eigenvalue weighted by Crippen LogP contribution is -2.19. The molecule has 0 atom stereocenters. The van der Waals surface area contributed by atoms with Crippen molar-refractivity contribution >= 4 is 0 Å². The molecule has 1 heteroatoms. The average Bonchev–Trinajstić information content (AvgIpc) is 2.20. The van der Waals surface area contributed by atoms with Gasteiger partial charge in [0.1, 0.15) is 0 Å². The topological polar surface area (TPSA) is 20.2 Å². The molecule has 1 N–H and O–H groups in total. The summed E-state index contributed by atoms with van der Waals surface area (Å²) in [4.78, 5) is 0. The third-order valence-electron chi connectivity index (χ3n) is 3.27. The molecule has 0 bridgehead atoms. The average molecular weight is 178 g/mol. The van der Waals surface area contributed by atoms with E-state index < -0.39 is 0 Å². The predicted molar refractivity (Wildman–Crippen MR) is 54.4 cm³/mol. The zero-order valence-corrected chi connectivity index (χ0v) is 8.08. The van der Waals surface area contributed by atoms with Crippen molar-refractivity contribution in [1.82, 2.24) is 0 Å². The summed E-state index contributed by atoms with van der Waals surface area (Å²) in [6.45, 7) is 0. The van der Waals surface area contributed by atoms with Crippen LogP contribution < -0.4 is 0 Å². The molecule has 0 aromatic carbocycles. The molecule has 2 aliphatic rings. The predicted octanol–water partition coefficient (Wildman–Crippen LogP) is 2.81. The molecule has 2 aliphatic carbocycles. The van der Waals surface area contributed by atoms with E-state index in [0.29, 0.717) is 0 Å². The van der Waals surface area contributed by atoms with Crippen LogP contribution >= 0.6 is 0 Å². The van der Waals surface area contributed by atoms with Gasteiger partial charge in [-0.1, -0.05) is 23.8 Å². The Labute approximate surface area is 80.2 Å². The summed E-state index contributed by atoms with van der Waals surface area (Å²) in [6.07, 6.45) is 13.6. The second-order valence-corrected chi connectivity index (χ2v) is 4.21. The highest BCUT2D eigenvalue weighted by atomic mass is 16.3. The third kappa shape index (κ3) is 2.22. The van der Waals surface area contributed by atoms with Gasteiger partial charge in [0.15, 0.2) is 0 Å². The van der Waals surface area contributed by atoms with Crippen molar-refractivity contribution in [1.29, 1.82) is 0 Å². The van der Waals surface area contributed by atoms with Crippen LogP contribution in [0.25, 0.3) is 0 Å². The molecule has 0 radical (unpaired) electrons. The number of aliphatic hydroxyl groups is 1. The second kappa shape index (κ2) is 4.10. The number of hydrogen-bond donors (Lipinski definition) is 1. The molecule has 0 aliphatic heterocycles. The van der Waals surface area contributed by atoms with Crippen LogP contribution in [0.15, 0.2) is 23.8 Å². The van der Waals surface area contributed by atoms with Crippen molar-refractivity contribution in [2.75, 3.05) is 0 Å². The van der Waals surface area contributed by atoms with Gasteiger partial charge in [0, 0.05) is 0 Å².